The minimum Gasteiger partial charge on any atom is -0.395 e. The molecule has 0 radical (unpaired) electrons. The fourth-order valence-corrected chi connectivity index (χ4v) is 4.98. The first kappa shape index (κ1) is 27.1. The molecule has 1 amide bonds. The number of anilines is 1. The second kappa shape index (κ2) is 11.6. The molecule has 0 aliphatic heterocycles. The lowest BCUT2D eigenvalue weighted by Gasteiger charge is -2.23. The predicted molar refractivity (Wildman–Crippen MR) is 151 cm³/mol. The molecule has 1 N–H and O–H groups in total. The van der Waals surface area contributed by atoms with E-state index in [9.17, 15) is 9.90 Å². The van der Waals surface area contributed by atoms with Gasteiger partial charge in [0.25, 0.3) is 5.91 Å². The Labute approximate surface area is 227 Å². The Morgan fingerprint density at radius 1 is 1.05 bits per heavy atom. The van der Waals surface area contributed by atoms with Gasteiger partial charge in [0.1, 0.15) is 22.2 Å². The molecule has 37 heavy (non-hydrogen) atoms. The molecule has 4 rings (SSSR count). The van der Waals surface area contributed by atoms with Crippen LogP contribution in [0.1, 0.15) is 61.5 Å². The third-order valence-electron chi connectivity index (χ3n) is 6.49. The normalized spacial score (nSPS) is 11.6. The maximum atomic E-state index is 13.5. The Kier molecular flexibility index (Phi) is 8.53. The molecule has 2 aromatic heterocycles. The van der Waals surface area contributed by atoms with Crippen molar-refractivity contribution in [3.05, 3.63) is 82.0 Å². The summed E-state index contributed by atoms with van der Waals surface area (Å²) >= 11 is 12.4. The summed E-state index contributed by atoms with van der Waals surface area (Å²) in [5.74, 6) is 0.447. The lowest BCUT2D eigenvalue weighted by Crippen LogP contribution is -2.34. The smallest absolute Gasteiger partial charge is 0.264 e. The summed E-state index contributed by atoms with van der Waals surface area (Å²) in [7, 11) is 0. The second-order valence-corrected chi connectivity index (χ2v) is 10.6. The van der Waals surface area contributed by atoms with Gasteiger partial charge in [0.15, 0.2) is 0 Å². The molecule has 0 aliphatic carbocycles. The van der Waals surface area contributed by atoms with Gasteiger partial charge in [-0.3, -0.25) is 4.79 Å². The van der Waals surface area contributed by atoms with Crippen molar-refractivity contribution in [3.8, 4) is 5.69 Å². The first-order valence-corrected chi connectivity index (χ1v) is 13.3. The zero-order valence-corrected chi connectivity index (χ0v) is 23.1. The van der Waals surface area contributed by atoms with Crippen LogP contribution in [0.3, 0.4) is 0 Å². The van der Waals surface area contributed by atoms with Gasteiger partial charge in [-0.1, -0.05) is 63.0 Å². The van der Waals surface area contributed by atoms with Crippen molar-refractivity contribution in [1.82, 2.24) is 14.5 Å². The van der Waals surface area contributed by atoms with Crippen LogP contribution in [0.4, 0.5) is 5.69 Å². The lowest BCUT2D eigenvalue weighted by atomic mass is 10.0. The molecule has 8 heteroatoms. The van der Waals surface area contributed by atoms with E-state index in [0.29, 0.717) is 11.6 Å². The van der Waals surface area contributed by atoms with Gasteiger partial charge in [0.05, 0.1) is 12.1 Å². The number of carbonyl (C=O) groups is 1. The van der Waals surface area contributed by atoms with Crippen LogP contribution in [0.25, 0.3) is 16.6 Å². The number of hydrogen-bond donors (Lipinski definition) is 1. The lowest BCUT2D eigenvalue weighted by molar-refractivity contribution is 0.0980. The molecule has 0 unspecified atom stereocenters. The number of rotatable bonds is 9. The molecule has 0 fully saturated rings. The van der Waals surface area contributed by atoms with Gasteiger partial charge in [-0.05, 0) is 66.1 Å². The van der Waals surface area contributed by atoms with Gasteiger partial charge < -0.3 is 14.6 Å². The third kappa shape index (κ3) is 5.82. The van der Waals surface area contributed by atoms with Gasteiger partial charge >= 0.3 is 0 Å². The van der Waals surface area contributed by atoms with Crippen molar-refractivity contribution in [2.45, 2.75) is 46.5 Å². The van der Waals surface area contributed by atoms with Crippen LogP contribution in [0.15, 0.2) is 55.0 Å². The van der Waals surface area contributed by atoms with Crippen LogP contribution in [0.2, 0.25) is 10.3 Å². The largest absolute Gasteiger partial charge is 0.395 e. The van der Waals surface area contributed by atoms with Gasteiger partial charge in [0, 0.05) is 29.5 Å². The first-order chi connectivity index (χ1) is 17.7. The Morgan fingerprint density at radius 2 is 1.78 bits per heavy atom. The highest BCUT2D eigenvalue weighted by Gasteiger charge is 2.25. The monoisotopic (exact) mass is 538 g/mol. The minimum absolute atomic E-state index is 0.0132. The molecular weight excluding hydrogens is 507 g/mol. The number of aromatic nitrogens is 3. The molecule has 0 saturated carbocycles. The van der Waals surface area contributed by atoms with Crippen LogP contribution < -0.4 is 4.90 Å². The summed E-state index contributed by atoms with van der Waals surface area (Å²) in [6.07, 6.45) is 5.57. The van der Waals surface area contributed by atoms with Crippen molar-refractivity contribution in [1.29, 1.82) is 0 Å². The predicted octanol–water partition coefficient (Wildman–Crippen LogP) is 7.08. The molecule has 4 aromatic rings. The zero-order chi connectivity index (χ0) is 26.7. The van der Waals surface area contributed by atoms with Crippen LogP contribution >= 0.6 is 23.2 Å². The number of benzene rings is 2. The molecular formula is C29H32Cl2N4O2. The quantitative estimate of drug-likeness (QED) is 0.231. The number of hydrogen-bond acceptors (Lipinski definition) is 4. The number of fused-ring (bicyclic) bond motifs is 1. The second-order valence-electron chi connectivity index (χ2n) is 9.92. The molecule has 0 spiro atoms. The molecule has 0 aliphatic rings. The summed E-state index contributed by atoms with van der Waals surface area (Å²) in [5.41, 5.74) is 5.28. The fourth-order valence-electron chi connectivity index (χ4n) is 4.51. The maximum Gasteiger partial charge on any atom is 0.264 e. The van der Waals surface area contributed by atoms with E-state index in [-0.39, 0.29) is 34.9 Å². The summed E-state index contributed by atoms with van der Waals surface area (Å²) < 4.78 is 2.21. The third-order valence-corrected chi connectivity index (χ3v) is 7.06. The van der Waals surface area contributed by atoms with E-state index in [1.165, 1.54) is 22.4 Å². The number of carbonyl (C=O) groups excluding carboxylic acids is 1. The number of amides is 1. The summed E-state index contributed by atoms with van der Waals surface area (Å²) in [5, 5.41) is 10.7. The van der Waals surface area contributed by atoms with Crippen LogP contribution in [0.5, 0.6) is 0 Å². The topological polar surface area (TPSA) is 71.2 Å². The molecule has 0 atom stereocenters. The van der Waals surface area contributed by atoms with Gasteiger partial charge in [0.2, 0.25) is 0 Å². The SMILES string of the molecule is CC(C)CCc1cccc(-n2cc(C(C)C)c3cc(N(CCO)C(=O)c4c(Cl)ncnc4Cl)ccc32)c1. The highest BCUT2D eigenvalue weighted by molar-refractivity contribution is 6.39. The summed E-state index contributed by atoms with van der Waals surface area (Å²) in [4.78, 5) is 22.7. The first-order valence-electron chi connectivity index (χ1n) is 12.5. The van der Waals surface area contributed by atoms with E-state index >= 15 is 0 Å². The van der Waals surface area contributed by atoms with Crippen molar-refractivity contribution in [3.63, 3.8) is 0 Å². The number of aryl methyl sites for hydroxylation is 1. The molecule has 6 nitrogen and oxygen atoms in total. The Bertz CT molecular complexity index is 1390. The van der Waals surface area contributed by atoms with Crippen LogP contribution in [-0.2, 0) is 6.42 Å². The molecule has 0 saturated heterocycles. The zero-order valence-electron chi connectivity index (χ0n) is 21.6. The molecule has 2 heterocycles. The average molecular weight is 540 g/mol. The standard InChI is InChI=1S/C29H32Cl2N4O2/c1-18(2)8-9-20-6-5-7-21(14-20)35-16-24(19(3)4)23-15-22(10-11-25(23)35)34(12-13-36)29(37)26-27(30)32-17-33-28(26)31/h5-7,10-11,14-19,36H,8-9,12-13H2,1-4H3. The highest BCUT2D eigenvalue weighted by Crippen LogP contribution is 2.34. The van der Waals surface area contributed by atoms with Crippen LogP contribution in [0, 0.1) is 5.92 Å². The Hall–Kier alpha value is -2.93. The van der Waals surface area contributed by atoms with E-state index in [2.05, 4.69) is 72.7 Å². The van der Waals surface area contributed by atoms with Crippen molar-refractivity contribution in [2.75, 3.05) is 18.1 Å². The fraction of sp³-hybridized carbons (Fsp3) is 0.345. The number of aliphatic hydroxyl groups excluding tert-OH is 1. The summed E-state index contributed by atoms with van der Waals surface area (Å²) in [6.45, 7) is 8.64. The molecule has 0 bridgehead atoms. The number of aliphatic hydroxyl groups is 1. The Morgan fingerprint density at radius 3 is 2.43 bits per heavy atom. The van der Waals surface area contributed by atoms with Gasteiger partial charge in [-0.25, -0.2) is 9.97 Å². The van der Waals surface area contributed by atoms with E-state index in [0.717, 1.165) is 29.4 Å². The van der Waals surface area contributed by atoms with Crippen molar-refractivity contribution < 1.29 is 9.90 Å². The average Bonchev–Trinajstić information content (AvgIpc) is 3.25. The maximum absolute atomic E-state index is 13.5. The number of nitrogens with zero attached hydrogens (tertiary/aromatic N) is 4. The van der Waals surface area contributed by atoms with Gasteiger partial charge in [-0.15, -0.1) is 0 Å². The van der Waals surface area contributed by atoms with Gasteiger partial charge in [-0.2, -0.15) is 0 Å². The highest BCUT2D eigenvalue weighted by atomic mass is 35.5. The minimum atomic E-state index is -0.465. The van der Waals surface area contributed by atoms with Crippen molar-refractivity contribution >= 4 is 45.7 Å². The number of halogens is 2. The molecule has 194 valence electrons. The Balaban J connectivity index is 1.80. The van der Waals surface area contributed by atoms with E-state index in [1.54, 1.807) is 0 Å². The van der Waals surface area contributed by atoms with E-state index in [4.69, 9.17) is 23.2 Å². The summed E-state index contributed by atoms with van der Waals surface area (Å²) in [6, 6.07) is 14.5. The van der Waals surface area contributed by atoms with Crippen LogP contribution in [-0.4, -0.2) is 38.7 Å². The molecule has 2 aromatic carbocycles. The van der Waals surface area contributed by atoms with Crippen molar-refractivity contribution in [2.24, 2.45) is 5.92 Å². The van der Waals surface area contributed by atoms with E-state index < -0.39 is 5.91 Å². The van der Waals surface area contributed by atoms with E-state index in [1.807, 2.05) is 18.2 Å².